The Morgan fingerprint density at radius 1 is 1.40 bits per heavy atom. The Morgan fingerprint density at radius 2 is 2.07 bits per heavy atom. The minimum atomic E-state index is -0.376. The quantitative estimate of drug-likeness (QED) is 0.734. The van der Waals surface area contributed by atoms with E-state index in [1.54, 1.807) is 11.0 Å². The van der Waals surface area contributed by atoms with E-state index >= 15 is 0 Å². The van der Waals surface area contributed by atoms with Crippen LogP contribution in [0.3, 0.4) is 0 Å². The molecule has 0 aromatic heterocycles. The van der Waals surface area contributed by atoms with Crippen molar-refractivity contribution in [1.82, 2.24) is 4.90 Å². The molecule has 1 amide bonds. The highest BCUT2D eigenvalue weighted by atomic mass is 16.2. The summed E-state index contributed by atoms with van der Waals surface area (Å²) < 4.78 is 0. The molecule has 0 radical (unpaired) electrons. The molecule has 1 aliphatic rings. The first-order chi connectivity index (χ1) is 7.16. The Hall–Kier alpha value is -1.64. The van der Waals surface area contributed by atoms with E-state index in [0.29, 0.717) is 12.1 Å². The second-order valence-electron chi connectivity index (χ2n) is 3.69. The fourth-order valence-corrected chi connectivity index (χ4v) is 2.13. The molecule has 0 bridgehead atoms. The molecule has 0 N–H and O–H groups in total. The molecule has 0 aliphatic carbocycles. The van der Waals surface area contributed by atoms with Gasteiger partial charge in [0.05, 0.1) is 0 Å². The fourth-order valence-electron chi connectivity index (χ4n) is 2.13. The van der Waals surface area contributed by atoms with E-state index in [0.717, 1.165) is 5.56 Å². The van der Waals surface area contributed by atoms with Crippen molar-refractivity contribution in [2.24, 2.45) is 0 Å². The maximum absolute atomic E-state index is 11.9. The van der Waals surface area contributed by atoms with Crippen molar-refractivity contribution in [2.75, 3.05) is 6.54 Å². The molecular weight excluding hydrogens is 190 g/mol. The predicted molar refractivity (Wildman–Crippen MR) is 56.6 cm³/mol. The highest BCUT2D eigenvalue weighted by Crippen LogP contribution is 2.33. The van der Waals surface area contributed by atoms with Gasteiger partial charge in [0.25, 0.3) is 5.91 Å². The molecule has 0 saturated carbocycles. The molecule has 1 unspecified atom stereocenters. The average Bonchev–Trinajstić information content (AvgIpc) is 2.52. The monoisotopic (exact) mass is 203 g/mol. The highest BCUT2D eigenvalue weighted by molar-refractivity contribution is 6.04. The van der Waals surface area contributed by atoms with Crippen LogP contribution in [0.25, 0.3) is 0 Å². The molecule has 78 valence electrons. The summed E-state index contributed by atoms with van der Waals surface area (Å²) in [6.45, 7) is 3.99. The number of likely N-dealkylation sites (N-methyl/N-ethyl adjacent to an activating group) is 1. The Labute approximate surface area is 88.7 Å². The van der Waals surface area contributed by atoms with Crippen molar-refractivity contribution in [2.45, 2.75) is 19.9 Å². The van der Waals surface area contributed by atoms with E-state index < -0.39 is 0 Å². The smallest absolute Gasteiger partial charge is 0.255 e. The third-order valence-electron chi connectivity index (χ3n) is 2.78. The summed E-state index contributed by atoms with van der Waals surface area (Å²) in [5.74, 6) is -0.0107. The number of carbonyl (C=O) groups is 2. The summed E-state index contributed by atoms with van der Waals surface area (Å²) in [7, 11) is 0. The molecule has 3 heteroatoms. The summed E-state index contributed by atoms with van der Waals surface area (Å²) in [4.78, 5) is 25.1. The largest absolute Gasteiger partial charge is 0.325 e. The van der Waals surface area contributed by atoms with Crippen LogP contribution in [0, 0.1) is 0 Å². The van der Waals surface area contributed by atoms with Gasteiger partial charge in [0.15, 0.2) is 5.78 Å². The van der Waals surface area contributed by atoms with Crippen molar-refractivity contribution < 1.29 is 9.59 Å². The van der Waals surface area contributed by atoms with Crippen molar-refractivity contribution in [3.8, 4) is 0 Å². The zero-order valence-electron chi connectivity index (χ0n) is 8.86. The van der Waals surface area contributed by atoms with Crippen LogP contribution in [0.1, 0.15) is 35.8 Å². The summed E-state index contributed by atoms with van der Waals surface area (Å²) in [6.07, 6.45) is 0. The fraction of sp³-hybridized carbons (Fsp3) is 0.333. The number of Topliss-reactive ketones (excluding diaryl/α,β-unsaturated/α-hetero) is 1. The first kappa shape index (κ1) is 9.90. The molecule has 1 aliphatic heterocycles. The van der Waals surface area contributed by atoms with Gasteiger partial charge in [0, 0.05) is 12.1 Å². The van der Waals surface area contributed by atoms with Gasteiger partial charge in [-0.25, -0.2) is 0 Å². The van der Waals surface area contributed by atoms with Crippen LogP contribution in [-0.2, 0) is 4.79 Å². The van der Waals surface area contributed by atoms with E-state index in [-0.39, 0.29) is 17.7 Å². The van der Waals surface area contributed by atoms with Crippen LogP contribution in [0.4, 0.5) is 0 Å². The highest BCUT2D eigenvalue weighted by Gasteiger charge is 2.37. The van der Waals surface area contributed by atoms with Crippen LogP contribution in [0.15, 0.2) is 24.3 Å². The van der Waals surface area contributed by atoms with E-state index in [2.05, 4.69) is 0 Å². The number of hydrogen-bond acceptors (Lipinski definition) is 2. The maximum Gasteiger partial charge on any atom is 0.255 e. The van der Waals surface area contributed by atoms with Gasteiger partial charge in [0.2, 0.25) is 0 Å². The van der Waals surface area contributed by atoms with Crippen LogP contribution in [0.5, 0.6) is 0 Å². The first-order valence-electron chi connectivity index (χ1n) is 5.07. The van der Waals surface area contributed by atoms with Crippen LogP contribution < -0.4 is 0 Å². The molecule has 3 nitrogen and oxygen atoms in total. The number of amides is 1. The van der Waals surface area contributed by atoms with Crippen molar-refractivity contribution in [3.05, 3.63) is 35.4 Å². The lowest BCUT2D eigenvalue weighted by Crippen LogP contribution is -2.31. The lowest BCUT2D eigenvalue weighted by molar-refractivity contribution is -0.121. The minimum Gasteiger partial charge on any atom is -0.325 e. The van der Waals surface area contributed by atoms with Gasteiger partial charge in [-0.2, -0.15) is 0 Å². The molecule has 0 fully saturated rings. The van der Waals surface area contributed by atoms with E-state index in [1.807, 2.05) is 25.1 Å². The van der Waals surface area contributed by atoms with Gasteiger partial charge in [-0.3, -0.25) is 9.59 Å². The lowest BCUT2D eigenvalue weighted by Gasteiger charge is -2.21. The molecule has 1 heterocycles. The zero-order valence-corrected chi connectivity index (χ0v) is 8.86. The normalized spacial score (nSPS) is 19.2. The molecule has 1 aromatic carbocycles. The molecule has 1 atom stereocenters. The SMILES string of the molecule is CCN1C(=O)c2ccccc2C1C(C)=O. The van der Waals surface area contributed by atoms with E-state index in [1.165, 1.54) is 6.92 Å². The van der Waals surface area contributed by atoms with Gasteiger partial charge >= 0.3 is 0 Å². The number of rotatable bonds is 2. The number of hydrogen-bond donors (Lipinski definition) is 0. The number of nitrogens with zero attached hydrogens (tertiary/aromatic N) is 1. The number of fused-ring (bicyclic) bond motifs is 1. The molecule has 0 spiro atoms. The van der Waals surface area contributed by atoms with Crippen molar-refractivity contribution in [1.29, 1.82) is 0 Å². The molecule has 15 heavy (non-hydrogen) atoms. The molecule has 0 saturated heterocycles. The third kappa shape index (κ3) is 1.35. The van der Waals surface area contributed by atoms with Crippen LogP contribution in [-0.4, -0.2) is 23.1 Å². The van der Waals surface area contributed by atoms with Crippen molar-refractivity contribution >= 4 is 11.7 Å². The summed E-state index contributed by atoms with van der Waals surface area (Å²) in [6, 6.07) is 6.95. The van der Waals surface area contributed by atoms with Crippen molar-refractivity contribution in [3.63, 3.8) is 0 Å². The second-order valence-corrected chi connectivity index (χ2v) is 3.69. The minimum absolute atomic E-state index is 0.0233. The Balaban J connectivity index is 2.55. The van der Waals surface area contributed by atoms with Gasteiger partial charge in [-0.05, 0) is 25.5 Å². The first-order valence-corrected chi connectivity index (χ1v) is 5.07. The standard InChI is InChI=1S/C12H13NO2/c1-3-13-11(8(2)14)9-6-4-5-7-10(9)12(13)15/h4-7,11H,3H2,1-2H3. The number of carbonyl (C=O) groups excluding carboxylic acids is 2. The summed E-state index contributed by atoms with van der Waals surface area (Å²) in [5, 5.41) is 0. The zero-order chi connectivity index (χ0) is 11.0. The second kappa shape index (κ2) is 3.50. The van der Waals surface area contributed by atoms with Crippen LogP contribution in [0.2, 0.25) is 0 Å². The number of benzene rings is 1. The van der Waals surface area contributed by atoms with Gasteiger partial charge < -0.3 is 4.90 Å². The van der Waals surface area contributed by atoms with Gasteiger partial charge in [-0.15, -0.1) is 0 Å². The van der Waals surface area contributed by atoms with E-state index in [4.69, 9.17) is 0 Å². The topological polar surface area (TPSA) is 37.4 Å². The Kier molecular flexibility index (Phi) is 2.31. The van der Waals surface area contributed by atoms with Crippen LogP contribution >= 0.6 is 0 Å². The average molecular weight is 203 g/mol. The maximum atomic E-state index is 11.9. The molecular formula is C12H13NO2. The van der Waals surface area contributed by atoms with Gasteiger partial charge in [-0.1, -0.05) is 18.2 Å². The Bertz CT molecular complexity index is 425. The molecule has 1 aromatic rings. The van der Waals surface area contributed by atoms with E-state index in [9.17, 15) is 9.59 Å². The Morgan fingerprint density at radius 3 is 2.67 bits per heavy atom. The lowest BCUT2D eigenvalue weighted by atomic mass is 10.0. The number of ketones is 1. The third-order valence-corrected chi connectivity index (χ3v) is 2.78. The summed E-state index contributed by atoms with van der Waals surface area (Å²) in [5.41, 5.74) is 1.51. The summed E-state index contributed by atoms with van der Waals surface area (Å²) >= 11 is 0. The molecule has 2 rings (SSSR count). The van der Waals surface area contributed by atoms with Gasteiger partial charge in [0.1, 0.15) is 6.04 Å². The predicted octanol–water partition coefficient (Wildman–Crippen LogP) is 1.79.